The molecule has 0 bridgehead atoms. The van der Waals surface area contributed by atoms with Gasteiger partial charge in [-0.1, -0.05) is 111 Å². The highest BCUT2D eigenvalue weighted by Crippen LogP contribution is 2.13. The molecule has 1 unspecified atom stereocenters. The van der Waals surface area contributed by atoms with Crippen molar-refractivity contribution in [1.82, 2.24) is 10.2 Å². The number of hydrogen-bond acceptors (Lipinski definition) is 3. The van der Waals surface area contributed by atoms with Gasteiger partial charge in [0.15, 0.2) is 0 Å². The van der Waals surface area contributed by atoms with Crippen molar-refractivity contribution in [3.8, 4) is 0 Å². The van der Waals surface area contributed by atoms with Crippen LogP contribution in [0.3, 0.4) is 0 Å². The Morgan fingerprint density at radius 2 is 1.25 bits per heavy atom. The largest absolute Gasteiger partial charge is 0.381 e. The van der Waals surface area contributed by atoms with Crippen molar-refractivity contribution in [1.29, 1.82) is 0 Å². The van der Waals surface area contributed by atoms with Crippen molar-refractivity contribution in [3.63, 3.8) is 0 Å². The average Bonchev–Trinajstić information content (AvgIpc) is 2.86. The van der Waals surface area contributed by atoms with Gasteiger partial charge in [-0.3, -0.25) is 0 Å². The van der Waals surface area contributed by atoms with Crippen LogP contribution in [0.5, 0.6) is 0 Å². The molecule has 0 radical (unpaired) electrons. The Kier molecular flexibility index (Phi) is 28.9. The summed E-state index contributed by atoms with van der Waals surface area (Å²) in [5, 5.41) is 3.58. The quantitative estimate of drug-likeness (QED) is 0.0772. The molecular weight excluding hydrogens is 440 g/mol. The molecule has 36 heavy (non-hydrogen) atoms. The number of ether oxygens (including phenoxy) is 1. The summed E-state index contributed by atoms with van der Waals surface area (Å²) in [7, 11) is 0. The van der Waals surface area contributed by atoms with Crippen LogP contribution in [-0.2, 0) is 4.74 Å². The van der Waals surface area contributed by atoms with E-state index in [4.69, 9.17) is 4.74 Å². The molecule has 0 saturated carbocycles. The molecule has 1 atom stereocenters. The molecule has 0 heterocycles. The third-order valence-corrected chi connectivity index (χ3v) is 7.30. The maximum Gasteiger partial charge on any atom is 0.0491 e. The number of nitrogens with zero attached hydrogens (tertiary/aromatic N) is 1. The van der Waals surface area contributed by atoms with Crippen LogP contribution in [-0.4, -0.2) is 50.3 Å². The summed E-state index contributed by atoms with van der Waals surface area (Å²) in [5.74, 6) is 0.718. The lowest BCUT2D eigenvalue weighted by molar-refractivity contribution is 0.0976. The van der Waals surface area contributed by atoms with Crippen molar-refractivity contribution < 1.29 is 4.74 Å². The maximum atomic E-state index is 5.94. The van der Waals surface area contributed by atoms with Crippen LogP contribution in [0, 0.1) is 5.92 Å². The Morgan fingerprint density at radius 3 is 1.89 bits per heavy atom. The minimum absolute atomic E-state index is 0.600. The van der Waals surface area contributed by atoms with E-state index in [1.54, 1.807) is 0 Å². The van der Waals surface area contributed by atoms with Gasteiger partial charge in [-0.05, 0) is 77.0 Å². The molecule has 0 rings (SSSR count). The highest BCUT2D eigenvalue weighted by molar-refractivity contribution is 4.66. The lowest BCUT2D eigenvalue weighted by atomic mass is 10.0. The summed E-state index contributed by atoms with van der Waals surface area (Å²) in [6.45, 7) is 19.9. The summed E-state index contributed by atoms with van der Waals surface area (Å²) < 4.78 is 5.94. The standard InChI is InChI=1S/C33H68N2O/c1-6-8-10-12-14-19-23-30-36-31-33(5)25-20-16-15-18-22-28-35(29-24-26-34-32(3)4)27-21-17-13-11-9-7-2/h7,32-34H,2,6,8-31H2,1,3-5H3. The van der Waals surface area contributed by atoms with E-state index in [1.807, 2.05) is 0 Å². The van der Waals surface area contributed by atoms with Crippen LogP contribution >= 0.6 is 0 Å². The minimum Gasteiger partial charge on any atom is -0.381 e. The lowest BCUT2D eigenvalue weighted by Crippen LogP contribution is -2.31. The maximum absolute atomic E-state index is 5.94. The lowest BCUT2D eigenvalue weighted by Gasteiger charge is -2.23. The molecule has 3 heteroatoms. The first-order valence-corrected chi connectivity index (χ1v) is 16.2. The Hall–Kier alpha value is -0.380. The van der Waals surface area contributed by atoms with Gasteiger partial charge in [0.1, 0.15) is 0 Å². The van der Waals surface area contributed by atoms with E-state index in [-0.39, 0.29) is 0 Å². The average molecular weight is 509 g/mol. The van der Waals surface area contributed by atoms with Gasteiger partial charge in [-0.25, -0.2) is 0 Å². The topological polar surface area (TPSA) is 24.5 Å². The molecule has 0 spiro atoms. The molecule has 0 aliphatic carbocycles. The third kappa shape index (κ3) is 28.2. The molecule has 0 saturated heterocycles. The smallest absolute Gasteiger partial charge is 0.0491 e. The second kappa shape index (κ2) is 29.2. The number of nitrogens with one attached hydrogen (secondary N) is 1. The van der Waals surface area contributed by atoms with E-state index in [2.05, 4.69) is 50.6 Å². The van der Waals surface area contributed by atoms with E-state index in [0.29, 0.717) is 6.04 Å². The normalized spacial score (nSPS) is 12.6. The number of unbranched alkanes of at least 4 members (excludes halogenated alkanes) is 14. The van der Waals surface area contributed by atoms with Gasteiger partial charge in [0.05, 0.1) is 0 Å². The van der Waals surface area contributed by atoms with Crippen molar-refractivity contribution in [3.05, 3.63) is 12.7 Å². The van der Waals surface area contributed by atoms with Crippen LogP contribution in [0.15, 0.2) is 12.7 Å². The molecule has 0 aromatic carbocycles. The van der Waals surface area contributed by atoms with Crippen molar-refractivity contribution in [2.75, 3.05) is 39.4 Å². The Balaban J connectivity index is 3.71. The zero-order chi connectivity index (χ0) is 26.5. The Labute approximate surface area is 228 Å². The first kappa shape index (κ1) is 35.6. The predicted octanol–water partition coefficient (Wildman–Crippen LogP) is 9.56. The fourth-order valence-electron chi connectivity index (χ4n) is 4.89. The molecule has 0 aromatic rings. The second-order valence-corrected chi connectivity index (χ2v) is 11.7. The fourth-order valence-corrected chi connectivity index (χ4v) is 4.89. The molecule has 0 fully saturated rings. The van der Waals surface area contributed by atoms with E-state index >= 15 is 0 Å². The zero-order valence-corrected chi connectivity index (χ0v) is 25.5. The van der Waals surface area contributed by atoms with Gasteiger partial charge in [0.25, 0.3) is 0 Å². The van der Waals surface area contributed by atoms with Crippen molar-refractivity contribution in [2.45, 2.75) is 156 Å². The number of rotatable bonds is 30. The van der Waals surface area contributed by atoms with E-state index in [1.165, 1.54) is 142 Å². The first-order chi connectivity index (χ1) is 17.6. The molecule has 1 N–H and O–H groups in total. The summed E-state index contributed by atoms with van der Waals surface area (Å²) in [6.07, 6.45) is 27.7. The summed E-state index contributed by atoms with van der Waals surface area (Å²) >= 11 is 0. The van der Waals surface area contributed by atoms with Crippen LogP contribution < -0.4 is 5.32 Å². The Bertz CT molecular complexity index is 426. The van der Waals surface area contributed by atoms with Gasteiger partial charge in [0, 0.05) is 19.3 Å². The van der Waals surface area contributed by atoms with E-state index < -0.39 is 0 Å². The Morgan fingerprint density at radius 1 is 0.694 bits per heavy atom. The summed E-state index contributed by atoms with van der Waals surface area (Å²) in [6, 6.07) is 0.600. The molecule has 0 aliphatic rings. The van der Waals surface area contributed by atoms with Gasteiger partial charge in [0.2, 0.25) is 0 Å². The second-order valence-electron chi connectivity index (χ2n) is 11.7. The minimum atomic E-state index is 0.600. The third-order valence-electron chi connectivity index (χ3n) is 7.30. The molecular formula is C33H68N2O. The van der Waals surface area contributed by atoms with E-state index in [9.17, 15) is 0 Å². The first-order valence-electron chi connectivity index (χ1n) is 16.2. The number of allylic oxidation sites excluding steroid dienone is 1. The highest BCUT2D eigenvalue weighted by atomic mass is 16.5. The molecule has 0 aromatic heterocycles. The van der Waals surface area contributed by atoms with Gasteiger partial charge < -0.3 is 15.0 Å². The van der Waals surface area contributed by atoms with Crippen LogP contribution in [0.1, 0.15) is 150 Å². The molecule has 216 valence electrons. The van der Waals surface area contributed by atoms with Gasteiger partial charge in [-0.15, -0.1) is 6.58 Å². The van der Waals surface area contributed by atoms with Gasteiger partial charge >= 0.3 is 0 Å². The van der Waals surface area contributed by atoms with Gasteiger partial charge in [-0.2, -0.15) is 0 Å². The van der Waals surface area contributed by atoms with Crippen LogP contribution in [0.25, 0.3) is 0 Å². The number of hydrogen-bond donors (Lipinski definition) is 1. The van der Waals surface area contributed by atoms with Crippen molar-refractivity contribution >= 4 is 0 Å². The highest BCUT2D eigenvalue weighted by Gasteiger charge is 2.06. The molecule has 0 amide bonds. The van der Waals surface area contributed by atoms with Crippen molar-refractivity contribution in [2.24, 2.45) is 5.92 Å². The monoisotopic (exact) mass is 509 g/mol. The predicted molar refractivity (Wildman–Crippen MR) is 163 cm³/mol. The summed E-state index contributed by atoms with van der Waals surface area (Å²) in [5.41, 5.74) is 0. The zero-order valence-electron chi connectivity index (χ0n) is 25.5. The SMILES string of the molecule is C=CCCCCCCN(CCCCCCCC(C)COCCCCCCCCC)CCCNC(C)C. The molecule has 3 nitrogen and oxygen atoms in total. The van der Waals surface area contributed by atoms with Crippen LogP contribution in [0.4, 0.5) is 0 Å². The van der Waals surface area contributed by atoms with E-state index in [0.717, 1.165) is 25.7 Å². The molecule has 0 aliphatic heterocycles. The van der Waals surface area contributed by atoms with Crippen LogP contribution in [0.2, 0.25) is 0 Å². The summed E-state index contributed by atoms with van der Waals surface area (Å²) in [4.78, 5) is 2.74. The fraction of sp³-hybridized carbons (Fsp3) is 0.939.